The summed E-state index contributed by atoms with van der Waals surface area (Å²) in [6, 6.07) is 10.1. The number of benzene rings is 1. The van der Waals surface area contributed by atoms with Crippen molar-refractivity contribution in [1.82, 2.24) is 15.1 Å². The van der Waals surface area contributed by atoms with Crippen LogP contribution in [0.25, 0.3) is 0 Å². The van der Waals surface area contributed by atoms with E-state index in [0.29, 0.717) is 24.9 Å². The van der Waals surface area contributed by atoms with Crippen LogP contribution in [0.4, 0.5) is 5.69 Å². The van der Waals surface area contributed by atoms with Crippen molar-refractivity contribution < 1.29 is 4.79 Å². The van der Waals surface area contributed by atoms with Crippen LogP contribution >= 0.6 is 0 Å². The van der Waals surface area contributed by atoms with Gasteiger partial charge >= 0.3 is 0 Å². The lowest BCUT2D eigenvalue weighted by Crippen LogP contribution is -2.33. The fourth-order valence-corrected chi connectivity index (χ4v) is 3.84. The molecule has 1 aliphatic heterocycles. The Morgan fingerprint density at radius 2 is 1.97 bits per heavy atom. The van der Waals surface area contributed by atoms with E-state index < -0.39 is 0 Å². The Morgan fingerprint density at radius 1 is 1.21 bits per heavy atom. The molecule has 1 saturated carbocycles. The number of carbonyl (C=O) groups is 1. The summed E-state index contributed by atoms with van der Waals surface area (Å²) in [5, 5.41) is 7.39. The van der Waals surface area contributed by atoms with Crippen LogP contribution in [-0.2, 0) is 17.9 Å². The fraction of sp³-hybridized carbons (Fsp3) is 0.522. The molecule has 1 aliphatic carbocycles. The van der Waals surface area contributed by atoms with Crippen LogP contribution in [0, 0.1) is 11.8 Å². The quantitative estimate of drug-likeness (QED) is 0.784. The first-order valence-electron chi connectivity index (χ1n) is 10.7. The maximum atomic E-state index is 12.6. The van der Waals surface area contributed by atoms with Gasteiger partial charge in [-0.15, -0.1) is 0 Å². The maximum Gasteiger partial charge on any atom is 0.268 e. The maximum absolute atomic E-state index is 12.6. The second kappa shape index (κ2) is 8.39. The zero-order chi connectivity index (χ0) is 20.4. The molecule has 1 amide bonds. The van der Waals surface area contributed by atoms with Crippen LogP contribution in [-0.4, -0.2) is 28.8 Å². The lowest BCUT2D eigenvalue weighted by atomic mass is 10.0. The normalized spacial score (nSPS) is 19.0. The zero-order valence-electron chi connectivity index (χ0n) is 17.3. The van der Waals surface area contributed by atoms with Gasteiger partial charge in [0.05, 0.1) is 17.8 Å². The van der Waals surface area contributed by atoms with Crippen molar-refractivity contribution >= 4 is 11.6 Å². The Balaban J connectivity index is 1.30. The zero-order valence-corrected chi connectivity index (χ0v) is 17.3. The number of rotatable bonds is 7. The van der Waals surface area contributed by atoms with E-state index in [2.05, 4.69) is 53.4 Å². The topological polar surface area (TPSA) is 67.2 Å². The van der Waals surface area contributed by atoms with Gasteiger partial charge in [-0.3, -0.25) is 9.59 Å². The molecule has 0 spiro atoms. The first-order valence-corrected chi connectivity index (χ1v) is 10.7. The molecular formula is C23H30N4O2. The van der Waals surface area contributed by atoms with E-state index in [4.69, 9.17) is 0 Å². The molecule has 29 heavy (non-hydrogen) atoms. The van der Waals surface area contributed by atoms with Crippen LogP contribution in [0.3, 0.4) is 0 Å². The molecule has 4 rings (SSSR count). The van der Waals surface area contributed by atoms with Crippen molar-refractivity contribution in [3.05, 3.63) is 58.0 Å². The largest absolute Gasteiger partial charge is 0.369 e. The summed E-state index contributed by atoms with van der Waals surface area (Å²) in [5.74, 6) is 1.15. The molecule has 0 bridgehead atoms. The van der Waals surface area contributed by atoms with Crippen molar-refractivity contribution in [2.24, 2.45) is 11.8 Å². The predicted octanol–water partition coefficient (Wildman–Crippen LogP) is 2.92. The molecule has 2 aliphatic rings. The van der Waals surface area contributed by atoms with Gasteiger partial charge in [-0.1, -0.05) is 38.1 Å². The summed E-state index contributed by atoms with van der Waals surface area (Å²) in [6.45, 7) is 7.02. The van der Waals surface area contributed by atoms with E-state index in [1.54, 1.807) is 16.9 Å². The number of amides is 1. The number of carbonyl (C=O) groups excluding carboxylic acids is 1. The first-order chi connectivity index (χ1) is 14.0. The second-order valence-corrected chi connectivity index (χ2v) is 8.72. The van der Waals surface area contributed by atoms with Gasteiger partial charge in [0.25, 0.3) is 5.56 Å². The molecule has 1 N–H and O–H groups in total. The van der Waals surface area contributed by atoms with Crippen molar-refractivity contribution in [2.75, 3.05) is 18.0 Å². The highest BCUT2D eigenvalue weighted by Crippen LogP contribution is 2.30. The van der Waals surface area contributed by atoms with Gasteiger partial charge in [0.1, 0.15) is 0 Å². The Morgan fingerprint density at radius 3 is 2.62 bits per heavy atom. The van der Waals surface area contributed by atoms with E-state index in [9.17, 15) is 9.59 Å². The minimum Gasteiger partial charge on any atom is -0.369 e. The molecular weight excluding hydrogens is 364 g/mol. The standard InChI is InChI=1S/C23H30N4O2/c1-16(2)19-7-5-17(6-8-19)12-24-23(29)20-9-10-26(15-20)21-11-22(28)27(25-13-21)14-18-3-4-18/h5-8,11,13,16,18,20H,3-4,9-10,12,14-15H2,1-2H3,(H,24,29). The van der Waals surface area contributed by atoms with Crippen LogP contribution in [0.5, 0.6) is 0 Å². The van der Waals surface area contributed by atoms with Gasteiger partial charge in [0.2, 0.25) is 5.91 Å². The van der Waals surface area contributed by atoms with Crippen molar-refractivity contribution in [3.63, 3.8) is 0 Å². The third-order valence-corrected chi connectivity index (χ3v) is 6.02. The Bertz CT molecular complexity index is 915. The minimum absolute atomic E-state index is 0.0489. The van der Waals surface area contributed by atoms with Gasteiger partial charge in [-0.05, 0) is 42.2 Å². The van der Waals surface area contributed by atoms with Crippen LogP contribution in [0.1, 0.15) is 50.2 Å². The molecule has 2 fully saturated rings. The molecule has 1 atom stereocenters. The summed E-state index contributed by atoms with van der Waals surface area (Å²) < 4.78 is 1.56. The predicted molar refractivity (Wildman–Crippen MR) is 114 cm³/mol. The third kappa shape index (κ3) is 4.86. The van der Waals surface area contributed by atoms with Crippen molar-refractivity contribution in [1.29, 1.82) is 0 Å². The molecule has 6 heteroatoms. The van der Waals surface area contributed by atoms with Crippen LogP contribution in [0.2, 0.25) is 0 Å². The average molecular weight is 395 g/mol. The van der Waals surface area contributed by atoms with Gasteiger partial charge < -0.3 is 10.2 Å². The van der Waals surface area contributed by atoms with Gasteiger partial charge in [-0.25, -0.2) is 4.68 Å². The van der Waals surface area contributed by atoms with Gasteiger partial charge in [0.15, 0.2) is 0 Å². The van der Waals surface area contributed by atoms with Gasteiger partial charge in [-0.2, -0.15) is 5.10 Å². The Hall–Kier alpha value is -2.63. The summed E-state index contributed by atoms with van der Waals surface area (Å²) in [7, 11) is 0. The van der Waals surface area contributed by atoms with Crippen molar-refractivity contribution in [2.45, 2.75) is 52.1 Å². The highest BCUT2D eigenvalue weighted by molar-refractivity contribution is 5.80. The van der Waals surface area contributed by atoms with E-state index in [0.717, 1.165) is 30.8 Å². The average Bonchev–Trinajstić information content (AvgIpc) is 3.40. The van der Waals surface area contributed by atoms with E-state index >= 15 is 0 Å². The number of hydrogen-bond acceptors (Lipinski definition) is 4. The SMILES string of the molecule is CC(C)c1ccc(CNC(=O)C2CCN(c3cnn(CC4CC4)c(=O)c3)C2)cc1. The highest BCUT2D eigenvalue weighted by atomic mass is 16.2. The summed E-state index contributed by atoms with van der Waals surface area (Å²) >= 11 is 0. The van der Waals surface area contributed by atoms with Gasteiger partial charge in [0, 0.05) is 32.2 Å². The van der Waals surface area contributed by atoms with Crippen molar-refractivity contribution in [3.8, 4) is 0 Å². The molecule has 6 nitrogen and oxygen atoms in total. The molecule has 1 aromatic heterocycles. The number of nitrogens with zero attached hydrogens (tertiary/aromatic N) is 3. The molecule has 154 valence electrons. The minimum atomic E-state index is -0.0566. The first kappa shape index (κ1) is 19.7. The number of aromatic nitrogens is 2. The molecule has 1 unspecified atom stereocenters. The smallest absolute Gasteiger partial charge is 0.268 e. The number of hydrogen-bond donors (Lipinski definition) is 1. The lowest BCUT2D eigenvalue weighted by molar-refractivity contribution is -0.124. The summed E-state index contributed by atoms with van der Waals surface area (Å²) in [6.07, 6.45) is 4.95. The lowest BCUT2D eigenvalue weighted by Gasteiger charge is -2.18. The van der Waals surface area contributed by atoms with Crippen LogP contribution in [0.15, 0.2) is 41.3 Å². The second-order valence-electron chi connectivity index (χ2n) is 8.72. The Labute approximate surface area is 171 Å². The summed E-state index contributed by atoms with van der Waals surface area (Å²) in [4.78, 5) is 27.0. The van der Waals surface area contributed by atoms with Crippen LogP contribution < -0.4 is 15.8 Å². The molecule has 1 aromatic carbocycles. The number of nitrogens with one attached hydrogen (secondary N) is 1. The monoisotopic (exact) mass is 394 g/mol. The molecule has 0 radical (unpaired) electrons. The Kier molecular flexibility index (Phi) is 5.69. The molecule has 1 saturated heterocycles. The third-order valence-electron chi connectivity index (χ3n) is 6.02. The fourth-order valence-electron chi connectivity index (χ4n) is 3.84. The molecule has 2 aromatic rings. The highest BCUT2D eigenvalue weighted by Gasteiger charge is 2.29. The van der Waals surface area contributed by atoms with E-state index in [1.807, 2.05) is 0 Å². The summed E-state index contributed by atoms with van der Waals surface area (Å²) in [5.41, 5.74) is 3.19. The molecule has 2 heterocycles. The van der Waals surface area contributed by atoms with E-state index in [1.165, 1.54) is 18.4 Å². The van der Waals surface area contributed by atoms with E-state index in [-0.39, 0.29) is 17.4 Å². The number of anilines is 1.